The Morgan fingerprint density at radius 2 is 1.72 bits per heavy atom. The van der Waals surface area contributed by atoms with E-state index in [0.717, 1.165) is 12.3 Å². The molecule has 6 nitrogen and oxygen atoms in total. The molecular weight excluding hydrogens is 465 g/mol. The quantitative estimate of drug-likeness (QED) is 0.403. The molecule has 32 heavy (non-hydrogen) atoms. The van der Waals surface area contributed by atoms with Crippen molar-refractivity contribution in [3.63, 3.8) is 0 Å². The Hall–Kier alpha value is -2.98. The van der Waals surface area contributed by atoms with Gasteiger partial charge in [0, 0.05) is 23.8 Å². The predicted octanol–water partition coefficient (Wildman–Crippen LogP) is 5.16. The zero-order valence-corrected chi connectivity index (χ0v) is 18.4. The SMILES string of the molecule is CCS(=O)(=O)c1cc(-c2ccc(Cl)cc2)cnc1-c1nc2cc(C(F)(F)F)ncc2n1C. The Balaban J connectivity index is 1.94. The van der Waals surface area contributed by atoms with Gasteiger partial charge in [-0.2, -0.15) is 13.2 Å². The molecule has 4 aromatic rings. The number of rotatable bonds is 4. The smallest absolute Gasteiger partial charge is 0.324 e. The molecule has 0 saturated carbocycles. The molecule has 0 atom stereocenters. The average molecular weight is 481 g/mol. The van der Waals surface area contributed by atoms with Gasteiger partial charge >= 0.3 is 6.18 Å². The van der Waals surface area contributed by atoms with Crippen molar-refractivity contribution in [2.75, 3.05) is 5.75 Å². The van der Waals surface area contributed by atoms with Crippen molar-refractivity contribution in [1.82, 2.24) is 19.5 Å². The summed E-state index contributed by atoms with van der Waals surface area (Å²) < 4.78 is 66.4. The van der Waals surface area contributed by atoms with Gasteiger partial charge in [0.15, 0.2) is 15.7 Å². The topological polar surface area (TPSA) is 77.7 Å². The number of nitrogens with zero attached hydrogens (tertiary/aromatic N) is 4. The van der Waals surface area contributed by atoms with E-state index in [9.17, 15) is 21.6 Å². The number of alkyl halides is 3. The summed E-state index contributed by atoms with van der Waals surface area (Å²) in [5.41, 5.74) is 0.589. The highest BCUT2D eigenvalue weighted by molar-refractivity contribution is 7.91. The molecule has 0 N–H and O–H groups in total. The van der Waals surface area contributed by atoms with Crippen LogP contribution in [0.3, 0.4) is 0 Å². The first-order valence-corrected chi connectivity index (χ1v) is 11.4. The van der Waals surface area contributed by atoms with E-state index in [1.54, 1.807) is 31.3 Å². The number of fused-ring (bicyclic) bond motifs is 1. The van der Waals surface area contributed by atoms with Crippen molar-refractivity contribution in [3.8, 4) is 22.6 Å². The minimum absolute atomic E-state index is 0.0354. The fourth-order valence-corrected chi connectivity index (χ4v) is 4.44. The standard InChI is InChI=1S/C21H16ClF3N4O2S/c1-3-32(30,31)17-8-13(12-4-6-14(22)7-5-12)10-27-19(17)20-28-15-9-18(21(23,24)25)26-11-16(15)29(20)2/h4-11H,3H2,1-2H3. The molecule has 0 aliphatic rings. The lowest BCUT2D eigenvalue weighted by Crippen LogP contribution is -2.09. The van der Waals surface area contributed by atoms with Crippen LogP contribution in [0.25, 0.3) is 33.7 Å². The molecule has 3 heterocycles. The zero-order chi connectivity index (χ0) is 23.3. The number of imidazole rings is 1. The number of sulfone groups is 1. The third kappa shape index (κ3) is 3.95. The molecule has 0 fully saturated rings. The largest absolute Gasteiger partial charge is 0.433 e. The van der Waals surface area contributed by atoms with Gasteiger partial charge in [0.25, 0.3) is 0 Å². The van der Waals surface area contributed by atoms with Crippen LogP contribution in [0, 0.1) is 0 Å². The highest BCUT2D eigenvalue weighted by Gasteiger charge is 2.33. The van der Waals surface area contributed by atoms with Gasteiger partial charge in [-0.05, 0) is 29.8 Å². The second-order valence-electron chi connectivity index (χ2n) is 7.03. The number of pyridine rings is 2. The van der Waals surface area contributed by atoms with Gasteiger partial charge in [0.05, 0.1) is 27.9 Å². The molecule has 1 aromatic carbocycles. The molecule has 0 bridgehead atoms. The lowest BCUT2D eigenvalue weighted by Gasteiger charge is -2.11. The molecule has 166 valence electrons. The van der Waals surface area contributed by atoms with Crippen LogP contribution >= 0.6 is 11.6 Å². The van der Waals surface area contributed by atoms with Crippen molar-refractivity contribution in [3.05, 3.63) is 59.5 Å². The van der Waals surface area contributed by atoms with Crippen LogP contribution in [-0.4, -0.2) is 33.7 Å². The molecule has 0 aliphatic carbocycles. The van der Waals surface area contributed by atoms with Gasteiger partial charge in [0.2, 0.25) is 0 Å². The molecule has 4 rings (SSSR count). The minimum atomic E-state index is -4.62. The maximum absolute atomic E-state index is 13.0. The van der Waals surface area contributed by atoms with Gasteiger partial charge in [0.1, 0.15) is 11.4 Å². The van der Waals surface area contributed by atoms with Gasteiger partial charge in [-0.3, -0.25) is 4.98 Å². The molecule has 0 unspecified atom stereocenters. The molecular formula is C21H16ClF3N4O2S. The first kappa shape index (κ1) is 22.2. The summed E-state index contributed by atoms with van der Waals surface area (Å²) in [4.78, 5) is 12.0. The lowest BCUT2D eigenvalue weighted by atomic mass is 10.1. The highest BCUT2D eigenvalue weighted by Crippen LogP contribution is 2.34. The van der Waals surface area contributed by atoms with Crippen LogP contribution in [0.2, 0.25) is 5.02 Å². The molecule has 0 saturated heterocycles. The van der Waals surface area contributed by atoms with E-state index in [1.807, 2.05) is 0 Å². The Labute approximate surface area is 186 Å². The fraction of sp³-hybridized carbons (Fsp3) is 0.190. The molecule has 11 heteroatoms. The van der Waals surface area contributed by atoms with Crippen molar-refractivity contribution in [2.45, 2.75) is 18.0 Å². The normalized spacial score (nSPS) is 12.4. The first-order valence-electron chi connectivity index (χ1n) is 9.40. The second-order valence-corrected chi connectivity index (χ2v) is 9.71. The number of hydrogen-bond donors (Lipinski definition) is 0. The van der Waals surface area contributed by atoms with Crippen LogP contribution < -0.4 is 0 Å². The number of aryl methyl sites for hydroxylation is 1. The summed E-state index contributed by atoms with van der Waals surface area (Å²) >= 11 is 5.93. The van der Waals surface area contributed by atoms with Gasteiger partial charge < -0.3 is 4.57 Å². The second kappa shape index (κ2) is 7.86. The third-order valence-corrected chi connectivity index (χ3v) is 7.01. The van der Waals surface area contributed by atoms with Crippen molar-refractivity contribution in [2.24, 2.45) is 7.05 Å². The van der Waals surface area contributed by atoms with E-state index < -0.39 is 21.7 Å². The summed E-state index contributed by atoms with van der Waals surface area (Å²) in [6, 6.07) is 9.14. The summed E-state index contributed by atoms with van der Waals surface area (Å²) in [6.45, 7) is 1.50. The van der Waals surface area contributed by atoms with E-state index in [1.165, 1.54) is 23.8 Å². The summed E-state index contributed by atoms with van der Waals surface area (Å²) in [7, 11) is -2.17. The van der Waals surface area contributed by atoms with Gasteiger partial charge in [-0.15, -0.1) is 0 Å². The number of aromatic nitrogens is 4. The van der Waals surface area contributed by atoms with Crippen molar-refractivity contribution < 1.29 is 21.6 Å². The van der Waals surface area contributed by atoms with Gasteiger partial charge in [-0.25, -0.2) is 18.4 Å². The van der Waals surface area contributed by atoms with E-state index in [0.29, 0.717) is 21.7 Å². The monoisotopic (exact) mass is 480 g/mol. The van der Waals surface area contributed by atoms with E-state index in [2.05, 4.69) is 15.0 Å². The summed E-state index contributed by atoms with van der Waals surface area (Å²) in [5.74, 6) is -0.0639. The zero-order valence-electron chi connectivity index (χ0n) is 16.9. The van der Waals surface area contributed by atoms with Crippen LogP contribution in [-0.2, 0) is 23.1 Å². The van der Waals surface area contributed by atoms with Crippen LogP contribution in [0.4, 0.5) is 13.2 Å². The summed E-state index contributed by atoms with van der Waals surface area (Å²) in [5, 5.41) is 0.534. The van der Waals surface area contributed by atoms with Gasteiger partial charge in [-0.1, -0.05) is 30.7 Å². The molecule has 0 radical (unpaired) electrons. The minimum Gasteiger partial charge on any atom is -0.324 e. The Bertz CT molecular complexity index is 1430. The van der Waals surface area contributed by atoms with Crippen LogP contribution in [0.15, 0.2) is 53.7 Å². The van der Waals surface area contributed by atoms with E-state index in [-0.39, 0.29) is 27.7 Å². The van der Waals surface area contributed by atoms with Crippen molar-refractivity contribution in [1.29, 1.82) is 0 Å². The molecule has 3 aromatic heterocycles. The molecule has 0 amide bonds. The predicted molar refractivity (Wildman–Crippen MR) is 115 cm³/mol. The van der Waals surface area contributed by atoms with Crippen molar-refractivity contribution >= 4 is 32.5 Å². The van der Waals surface area contributed by atoms with E-state index in [4.69, 9.17) is 11.6 Å². The third-order valence-electron chi connectivity index (χ3n) is 5.01. The Morgan fingerprint density at radius 1 is 1.03 bits per heavy atom. The highest BCUT2D eigenvalue weighted by atomic mass is 35.5. The summed E-state index contributed by atoms with van der Waals surface area (Å²) in [6.07, 6.45) is -2.07. The number of hydrogen-bond acceptors (Lipinski definition) is 5. The maximum atomic E-state index is 13.0. The first-order chi connectivity index (χ1) is 15.0. The Kier molecular flexibility index (Phi) is 5.46. The van der Waals surface area contributed by atoms with E-state index >= 15 is 0 Å². The number of benzene rings is 1. The molecule has 0 aliphatic heterocycles. The number of halogens is 4. The lowest BCUT2D eigenvalue weighted by molar-refractivity contribution is -0.141. The maximum Gasteiger partial charge on any atom is 0.433 e. The Morgan fingerprint density at radius 3 is 2.34 bits per heavy atom. The van der Waals surface area contributed by atoms with Crippen LogP contribution in [0.1, 0.15) is 12.6 Å². The fourth-order valence-electron chi connectivity index (χ4n) is 3.26. The average Bonchev–Trinajstić information content (AvgIpc) is 3.09. The van der Waals surface area contributed by atoms with Crippen LogP contribution in [0.5, 0.6) is 0 Å². The molecule has 0 spiro atoms.